The third-order valence-electron chi connectivity index (χ3n) is 4.64. The maximum Gasteiger partial charge on any atom is 0.416 e. The van der Waals surface area contributed by atoms with Crippen LogP contribution >= 0.6 is 0 Å². The zero-order chi connectivity index (χ0) is 22.2. The SMILES string of the molecule is CCCS(=O)(=O)N1CCC(NC(=NC)NCC#Cc2cccc(C(F)(F)F)c2)CC1. The molecular formula is C20H27F3N4O2S. The van der Waals surface area contributed by atoms with Crippen LogP contribution in [0.25, 0.3) is 0 Å². The smallest absolute Gasteiger partial charge is 0.354 e. The molecule has 0 saturated carbocycles. The summed E-state index contributed by atoms with van der Waals surface area (Å²) in [5.74, 6) is 6.17. The molecule has 0 aliphatic carbocycles. The number of guanidine groups is 1. The van der Waals surface area contributed by atoms with Gasteiger partial charge in [0.1, 0.15) is 0 Å². The Morgan fingerprint density at radius 1 is 1.30 bits per heavy atom. The van der Waals surface area contributed by atoms with Crippen molar-refractivity contribution in [3.05, 3.63) is 35.4 Å². The van der Waals surface area contributed by atoms with Crippen molar-refractivity contribution >= 4 is 16.0 Å². The summed E-state index contributed by atoms with van der Waals surface area (Å²) in [5, 5.41) is 6.24. The van der Waals surface area contributed by atoms with Crippen molar-refractivity contribution in [2.24, 2.45) is 4.99 Å². The molecule has 0 bridgehead atoms. The fourth-order valence-corrected chi connectivity index (χ4v) is 4.64. The van der Waals surface area contributed by atoms with Crippen LogP contribution in [0.3, 0.4) is 0 Å². The summed E-state index contributed by atoms with van der Waals surface area (Å²) in [7, 11) is -1.57. The van der Waals surface area contributed by atoms with Crippen LogP contribution in [-0.2, 0) is 16.2 Å². The molecule has 10 heteroatoms. The van der Waals surface area contributed by atoms with Gasteiger partial charge < -0.3 is 10.6 Å². The first kappa shape index (κ1) is 24.0. The van der Waals surface area contributed by atoms with E-state index in [1.165, 1.54) is 16.4 Å². The average molecular weight is 445 g/mol. The minimum atomic E-state index is -4.40. The number of nitrogens with zero attached hydrogens (tertiary/aromatic N) is 2. The second-order valence-corrected chi connectivity index (χ2v) is 9.03. The second-order valence-electron chi connectivity index (χ2n) is 6.94. The highest BCUT2D eigenvalue weighted by Crippen LogP contribution is 2.29. The highest BCUT2D eigenvalue weighted by atomic mass is 32.2. The number of piperidine rings is 1. The van der Waals surface area contributed by atoms with Gasteiger partial charge in [0, 0.05) is 31.7 Å². The van der Waals surface area contributed by atoms with Crippen LogP contribution < -0.4 is 10.6 Å². The third-order valence-corrected chi connectivity index (χ3v) is 6.72. The lowest BCUT2D eigenvalue weighted by atomic mass is 10.1. The summed E-state index contributed by atoms with van der Waals surface area (Å²) < 4.78 is 64.0. The van der Waals surface area contributed by atoms with Crippen molar-refractivity contribution in [1.82, 2.24) is 14.9 Å². The van der Waals surface area contributed by atoms with Crippen LogP contribution in [0.2, 0.25) is 0 Å². The number of nitrogens with one attached hydrogen (secondary N) is 2. The Labute approximate surface area is 176 Å². The minimum Gasteiger partial charge on any atom is -0.354 e. The Bertz CT molecular complexity index is 897. The molecule has 1 aromatic rings. The number of hydrogen-bond donors (Lipinski definition) is 2. The summed E-state index contributed by atoms with van der Waals surface area (Å²) in [6.07, 6.45) is -2.47. The van der Waals surface area contributed by atoms with Gasteiger partial charge in [0.2, 0.25) is 10.0 Å². The van der Waals surface area contributed by atoms with E-state index in [2.05, 4.69) is 27.5 Å². The van der Waals surface area contributed by atoms with Crippen molar-refractivity contribution in [2.45, 2.75) is 38.4 Å². The largest absolute Gasteiger partial charge is 0.416 e. The molecule has 166 valence electrons. The zero-order valence-corrected chi connectivity index (χ0v) is 17.9. The van der Waals surface area contributed by atoms with Crippen LogP contribution in [-0.4, -0.2) is 57.2 Å². The van der Waals surface area contributed by atoms with E-state index in [0.29, 0.717) is 38.3 Å². The summed E-state index contributed by atoms with van der Waals surface area (Å²) in [5.41, 5.74) is -0.442. The molecule has 6 nitrogen and oxygen atoms in total. The highest BCUT2D eigenvalue weighted by molar-refractivity contribution is 7.89. The molecule has 30 heavy (non-hydrogen) atoms. The van der Waals surface area contributed by atoms with Gasteiger partial charge in [-0.05, 0) is 37.5 Å². The monoisotopic (exact) mass is 444 g/mol. The number of benzene rings is 1. The fraction of sp³-hybridized carbons (Fsp3) is 0.550. The average Bonchev–Trinajstić information content (AvgIpc) is 2.70. The number of sulfonamides is 1. The maximum atomic E-state index is 12.7. The van der Waals surface area contributed by atoms with E-state index in [9.17, 15) is 21.6 Å². The Hall–Kier alpha value is -2.25. The normalized spacial score (nSPS) is 16.6. The maximum absolute atomic E-state index is 12.7. The van der Waals surface area contributed by atoms with Crippen molar-refractivity contribution < 1.29 is 21.6 Å². The molecule has 0 aromatic heterocycles. The molecule has 0 amide bonds. The summed E-state index contributed by atoms with van der Waals surface area (Å²) in [4.78, 5) is 4.12. The number of aliphatic imine (C=N–C) groups is 1. The predicted octanol–water partition coefficient (Wildman–Crippen LogP) is 2.43. The van der Waals surface area contributed by atoms with Gasteiger partial charge in [0.25, 0.3) is 0 Å². The molecule has 0 atom stereocenters. The van der Waals surface area contributed by atoms with Crippen LogP contribution in [0.15, 0.2) is 29.3 Å². The first-order valence-electron chi connectivity index (χ1n) is 9.77. The predicted molar refractivity (Wildman–Crippen MR) is 111 cm³/mol. The molecule has 1 fully saturated rings. The number of rotatable bonds is 5. The van der Waals surface area contributed by atoms with Crippen LogP contribution in [0.4, 0.5) is 13.2 Å². The molecular weight excluding hydrogens is 417 g/mol. The van der Waals surface area contributed by atoms with Gasteiger partial charge in [-0.15, -0.1) is 0 Å². The first-order chi connectivity index (χ1) is 14.2. The van der Waals surface area contributed by atoms with Gasteiger partial charge in [0.05, 0.1) is 17.9 Å². The first-order valence-corrected chi connectivity index (χ1v) is 11.4. The molecule has 0 spiro atoms. The van der Waals surface area contributed by atoms with E-state index in [-0.39, 0.29) is 23.9 Å². The molecule has 1 aromatic carbocycles. The van der Waals surface area contributed by atoms with Crippen LogP contribution in [0.1, 0.15) is 37.3 Å². The van der Waals surface area contributed by atoms with Crippen LogP contribution in [0.5, 0.6) is 0 Å². The van der Waals surface area contributed by atoms with Gasteiger partial charge in [-0.3, -0.25) is 4.99 Å². The topological polar surface area (TPSA) is 73.8 Å². The standard InChI is InChI=1S/C20H27F3N4O2S/c1-3-14-30(28,29)27-12-9-18(10-13-27)26-19(24-2)25-11-5-7-16-6-4-8-17(15-16)20(21,22)23/h4,6,8,15,18H,3,9-14H2,1-2H3,(H2,24,25,26). The van der Waals surface area contributed by atoms with E-state index in [1.54, 1.807) is 7.05 Å². The van der Waals surface area contributed by atoms with Crippen molar-refractivity contribution in [3.63, 3.8) is 0 Å². The summed E-state index contributed by atoms with van der Waals surface area (Å²) >= 11 is 0. The Kier molecular flexibility index (Phi) is 8.55. The second kappa shape index (κ2) is 10.7. The van der Waals surface area contributed by atoms with Gasteiger partial charge in [-0.2, -0.15) is 13.2 Å². The Morgan fingerprint density at radius 2 is 2.00 bits per heavy atom. The fourth-order valence-electron chi connectivity index (χ4n) is 3.10. The quantitative estimate of drug-likeness (QED) is 0.416. The van der Waals surface area contributed by atoms with E-state index >= 15 is 0 Å². The third kappa shape index (κ3) is 7.22. The molecule has 2 N–H and O–H groups in total. The van der Waals surface area contributed by atoms with Crippen molar-refractivity contribution in [2.75, 3.05) is 32.4 Å². The van der Waals surface area contributed by atoms with Crippen LogP contribution in [0, 0.1) is 11.8 Å². The van der Waals surface area contributed by atoms with Crippen molar-refractivity contribution in [3.8, 4) is 11.8 Å². The van der Waals surface area contributed by atoms with Crippen molar-refractivity contribution in [1.29, 1.82) is 0 Å². The molecule has 0 radical (unpaired) electrons. The lowest BCUT2D eigenvalue weighted by molar-refractivity contribution is -0.137. The molecule has 1 aliphatic rings. The van der Waals surface area contributed by atoms with Gasteiger partial charge in [0.15, 0.2) is 5.96 Å². The van der Waals surface area contributed by atoms with Gasteiger partial charge >= 0.3 is 6.18 Å². The minimum absolute atomic E-state index is 0.0840. The summed E-state index contributed by atoms with van der Waals surface area (Å²) in [6.45, 7) is 2.98. The van der Waals surface area contributed by atoms with E-state index in [0.717, 1.165) is 12.1 Å². The highest BCUT2D eigenvalue weighted by Gasteiger charge is 2.30. The number of hydrogen-bond acceptors (Lipinski definition) is 3. The Morgan fingerprint density at radius 3 is 2.60 bits per heavy atom. The number of halogens is 3. The van der Waals surface area contributed by atoms with E-state index < -0.39 is 21.8 Å². The lowest BCUT2D eigenvalue weighted by Gasteiger charge is -2.32. The summed E-state index contributed by atoms with van der Waals surface area (Å²) in [6, 6.07) is 4.96. The molecule has 2 rings (SSSR count). The zero-order valence-electron chi connectivity index (χ0n) is 17.1. The molecule has 1 heterocycles. The van der Waals surface area contributed by atoms with Gasteiger partial charge in [-0.1, -0.05) is 24.8 Å². The number of alkyl halides is 3. The molecule has 1 saturated heterocycles. The molecule has 0 unspecified atom stereocenters. The van der Waals surface area contributed by atoms with E-state index in [4.69, 9.17) is 0 Å². The van der Waals surface area contributed by atoms with Gasteiger partial charge in [-0.25, -0.2) is 12.7 Å². The van der Waals surface area contributed by atoms with E-state index in [1.807, 2.05) is 6.92 Å². The molecule has 1 aliphatic heterocycles. The lowest BCUT2D eigenvalue weighted by Crippen LogP contribution is -2.50. The Balaban J connectivity index is 1.83.